The van der Waals surface area contributed by atoms with Gasteiger partial charge >= 0.3 is 5.97 Å². The molecule has 1 fully saturated rings. The van der Waals surface area contributed by atoms with Crippen molar-refractivity contribution in [1.82, 2.24) is 5.32 Å². The zero-order chi connectivity index (χ0) is 16.7. The molecule has 7 nitrogen and oxygen atoms in total. The van der Waals surface area contributed by atoms with Gasteiger partial charge in [0.05, 0.1) is 26.2 Å². The molecule has 2 rings (SSSR count). The maximum atomic E-state index is 12.2. The summed E-state index contributed by atoms with van der Waals surface area (Å²) in [7, 11) is 1.57. The van der Waals surface area contributed by atoms with Crippen molar-refractivity contribution in [3.05, 3.63) is 29.8 Å². The zero-order valence-corrected chi connectivity index (χ0v) is 13.0. The minimum atomic E-state index is -1.04. The van der Waals surface area contributed by atoms with Crippen LogP contribution in [0.15, 0.2) is 24.3 Å². The number of carboxylic acids is 1. The Morgan fingerprint density at radius 2 is 2.26 bits per heavy atom. The molecule has 0 bridgehead atoms. The molecule has 0 spiro atoms. The molecule has 1 aromatic rings. The molecule has 1 heterocycles. The highest BCUT2D eigenvalue weighted by Gasteiger charge is 2.28. The van der Waals surface area contributed by atoms with Crippen molar-refractivity contribution in [1.29, 1.82) is 0 Å². The Morgan fingerprint density at radius 3 is 3.00 bits per heavy atom. The van der Waals surface area contributed by atoms with Crippen LogP contribution in [0, 0.1) is 0 Å². The van der Waals surface area contributed by atoms with E-state index >= 15 is 0 Å². The Kier molecular flexibility index (Phi) is 6.37. The van der Waals surface area contributed by atoms with Gasteiger partial charge < -0.3 is 24.6 Å². The van der Waals surface area contributed by atoms with Gasteiger partial charge in [-0.15, -0.1) is 0 Å². The average molecular weight is 323 g/mol. The zero-order valence-electron chi connectivity index (χ0n) is 13.0. The van der Waals surface area contributed by atoms with Gasteiger partial charge in [-0.25, -0.2) is 4.79 Å². The monoisotopic (exact) mass is 323 g/mol. The van der Waals surface area contributed by atoms with Crippen LogP contribution in [0.5, 0.6) is 5.75 Å². The summed E-state index contributed by atoms with van der Waals surface area (Å²) >= 11 is 0. The van der Waals surface area contributed by atoms with E-state index in [1.54, 1.807) is 7.11 Å². The van der Waals surface area contributed by atoms with E-state index in [1.165, 1.54) is 0 Å². The third-order valence-corrected chi connectivity index (χ3v) is 3.57. The molecule has 1 aliphatic rings. The normalized spacial score (nSPS) is 20.7. The number of amides is 1. The minimum Gasteiger partial charge on any atom is -0.497 e. The second-order valence-corrected chi connectivity index (χ2v) is 5.31. The molecular formula is C16H21NO6. The van der Waals surface area contributed by atoms with Crippen molar-refractivity contribution in [3.63, 3.8) is 0 Å². The fourth-order valence-corrected chi connectivity index (χ4v) is 2.45. The third-order valence-electron chi connectivity index (χ3n) is 3.57. The summed E-state index contributed by atoms with van der Waals surface area (Å²) in [6.45, 7) is 0.380. The molecule has 1 aliphatic heterocycles. The SMILES string of the molecule is COc1cccc(CC(=O)N[C@@H]2CCOC[C@H]2OCC(=O)O)c1. The number of aliphatic carboxylic acids is 1. The summed E-state index contributed by atoms with van der Waals surface area (Å²) in [5.74, 6) is -0.491. The minimum absolute atomic E-state index is 0.144. The Morgan fingerprint density at radius 1 is 1.43 bits per heavy atom. The molecular weight excluding hydrogens is 302 g/mol. The highest BCUT2D eigenvalue weighted by Crippen LogP contribution is 2.14. The molecule has 0 aromatic heterocycles. The van der Waals surface area contributed by atoms with Crippen molar-refractivity contribution in [2.75, 3.05) is 26.9 Å². The number of rotatable bonds is 7. The van der Waals surface area contributed by atoms with Crippen molar-refractivity contribution in [3.8, 4) is 5.75 Å². The second kappa shape index (κ2) is 8.50. The predicted molar refractivity (Wildman–Crippen MR) is 81.4 cm³/mol. The van der Waals surface area contributed by atoms with E-state index in [0.29, 0.717) is 18.8 Å². The number of carbonyl (C=O) groups excluding carboxylic acids is 1. The first kappa shape index (κ1) is 17.2. The lowest BCUT2D eigenvalue weighted by molar-refractivity contribution is -0.149. The van der Waals surface area contributed by atoms with E-state index in [-0.39, 0.29) is 25.0 Å². The van der Waals surface area contributed by atoms with Crippen molar-refractivity contribution in [2.24, 2.45) is 0 Å². The van der Waals surface area contributed by atoms with E-state index in [2.05, 4.69) is 5.32 Å². The summed E-state index contributed by atoms with van der Waals surface area (Å²) in [6.07, 6.45) is 0.364. The highest BCUT2D eigenvalue weighted by atomic mass is 16.5. The standard InChI is InChI=1S/C16H21NO6/c1-21-12-4-2-3-11(7-12)8-15(18)17-13-5-6-22-9-14(13)23-10-16(19)20/h2-4,7,13-14H,5-6,8-10H2,1H3,(H,17,18)(H,19,20)/t13-,14-/m1/s1. The fraction of sp³-hybridized carbons (Fsp3) is 0.500. The third kappa shape index (κ3) is 5.54. The molecule has 2 N–H and O–H groups in total. The Hall–Kier alpha value is -2.12. The lowest BCUT2D eigenvalue weighted by atomic mass is 10.0. The number of hydrogen-bond acceptors (Lipinski definition) is 5. The van der Waals surface area contributed by atoms with Crippen molar-refractivity contribution in [2.45, 2.75) is 25.0 Å². The van der Waals surface area contributed by atoms with E-state index in [9.17, 15) is 9.59 Å². The molecule has 0 unspecified atom stereocenters. The van der Waals surface area contributed by atoms with Crippen LogP contribution >= 0.6 is 0 Å². The molecule has 126 valence electrons. The van der Waals surface area contributed by atoms with E-state index < -0.39 is 18.7 Å². The van der Waals surface area contributed by atoms with Gasteiger partial charge in [-0.2, -0.15) is 0 Å². The number of methoxy groups -OCH3 is 1. The number of carboxylic acid groups (broad SMARTS) is 1. The van der Waals surface area contributed by atoms with Gasteiger partial charge in [0.15, 0.2) is 0 Å². The van der Waals surface area contributed by atoms with Gasteiger partial charge in [0.2, 0.25) is 5.91 Å². The summed E-state index contributed by atoms with van der Waals surface area (Å²) in [5.41, 5.74) is 0.844. The molecule has 0 aliphatic carbocycles. The van der Waals surface area contributed by atoms with Crippen LogP contribution in [-0.4, -0.2) is 56.1 Å². The van der Waals surface area contributed by atoms with Crippen LogP contribution in [0.4, 0.5) is 0 Å². The van der Waals surface area contributed by atoms with Crippen LogP contribution < -0.4 is 10.1 Å². The van der Waals surface area contributed by atoms with E-state index in [4.69, 9.17) is 19.3 Å². The van der Waals surface area contributed by atoms with E-state index in [1.807, 2.05) is 24.3 Å². The molecule has 2 atom stereocenters. The van der Waals surface area contributed by atoms with Gasteiger partial charge in [0.1, 0.15) is 18.5 Å². The molecule has 23 heavy (non-hydrogen) atoms. The van der Waals surface area contributed by atoms with Crippen molar-refractivity contribution >= 4 is 11.9 Å². The molecule has 0 saturated carbocycles. The largest absolute Gasteiger partial charge is 0.497 e. The van der Waals surface area contributed by atoms with Gasteiger partial charge in [-0.3, -0.25) is 4.79 Å². The Labute approximate surface area is 134 Å². The lowest BCUT2D eigenvalue weighted by Crippen LogP contribution is -2.50. The Bertz CT molecular complexity index is 547. The summed E-state index contributed by atoms with van der Waals surface area (Å²) in [6, 6.07) is 7.05. The quantitative estimate of drug-likeness (QED) is 0.764. The summed E-state index contributed by atoms with van der Waals surface area (Å²) in [5, 5.41) is 11.6. The van der Waals surface area contributed by atoms with Crippen LogP contribution in [-0.2, 0) is 25.5 Å². The first-order valence-electron chi connectivity index (χ1n) is 7.42. The first-order chi connectivity index (χ1) is 11.1. The number of nitrogens with one attached hydrogen (secondary N) is 1. The second-order valence-electron chi connectivity index (χ2n) is 5.31. The smallest absolute Gasteiger partial charge is 0.329 e. The number of benzene rings is 1. The summed E-state index contributed by atoms with van der Waals surface area (Å²) in [4.78, 5) is 22.8. The maximum Gasteiger partial charge on any atom is 0.329 e. The maximum absolute atomic E-state index is 12.2. The number of carbonyl (C=O) groups is 2. The average Bonchev–Trinajstić information content (AvgIpc) is 2.54. The van der Waals surface area contributed by atoms with Crippen molar-refractivity contribution < 1.29 is 28.9 Å². The van der Waals surface area contributed by atoms with Gasteiger partial charge in [-0.05, 0) is 24.1 Å². The van der Waals surface area contributed by atoms with Crippen LogP contribution in [0.1, 0.15) is 12.0 Å². The lowest BCUT2D eigenvalue weighted by Gasteiger charge is -2.31. The molecule has 1 aromatic carbocycles. The van der Waals surface area contributed by atoms with Gasteiger partial charge in [-0.1, -0.05) is 12.1 Å². The van der Waals surface area contributed by atoms with Crippen LogP contribution in [0.2, 0.25) is 0 Å². The topological polar surface area (TPSA) is 94.1 Å². The Balaban J connectivity index is 1.89. The van der Waals surface area contributed by atoms with E-state index in [0.717, 1.165) is 5.56 Å². The predicted octanol–water partition coefficient (Wildman–Crippen LogP) is 0.613. The molecule has 1 amide bonds. The molecule has 0 radical (unpaired) electrons. The summed E-state index contributed by atoms with van der Waals surface area (Å²) < 4.78 is 15.7. The van der Waals surface area contributed by atoms with Gasteiger partial charge in [0.25, 0.3) is 0 Å². The number of hydrogen-bond donors (Lipinski definition) is 2. The molecule has 1 saturated heterocycles. The van der Waals surface area contributed by atoms with Gasteiger partial charge in [0, 0.05) is 6.61 Å². The first-order valence-corrected chi connectivity index (χ1v) is 7.42. The van der Waals surface area contributed by atoms with Crippen LogP contribution in [0.3, 0.4) is 0 Å². The highest BCUT2D eigenvalue weighted by molar-refractivity contribution is 5.79. The number of ether oxygens (including phenoxy) is 3. The molecule has 7 heteroatoms. The fourth-order valence-electron chi connectivity index (χ4n) is 2.45. The van der Waals surface area contributed by atoms with Crippen LogP contribution in [0.25, 0.3) is 0 Å².